The zero-order chi connectivity index (χ0) is 22.0. The molecule has 1 atom stereocenters. The lowest BCUT2D eigenvalue weighted by molar-refractivity contribution is 0.149. The molecule has 2 fully saturated rings. The topological polar surface area (TPSA) is 98.3 Å². The second-order valence-corrected chi connectivity index (χ2v) is 8.98. The highest BCUT2D eigenvalue weighted by molar-refractivity contribution is 7.19. The molecule has 2 amide bonds. The van der Waals surface area contributed by atoms with Gasteiger partial charge in [0, 0.05) is 45.3 Å². The van der Waals surface area contributed by atoms with Gasteiger partial charge in [-0.25, -0.2) is 24.1 Å². The van der Waals surface area contributed by atoms with Crippen LogP contribution in [0, 0.1) is 12.7 Å². The van der Waals surface area contributed by atoms with Gasteiger partial charge < -0.3 is 25.8 Å². The molecule has 0 spiro atoms. The first-order valence-electron chi connectivity index (χ1n) is 10.6. The van der Waals surface area contributed by atoms with Crippen LogP contribution in [0.3, 0.4) is 0 Å². The van der Waals surface area contributed by atoms with Gasteiger partial charge in [0.2, 0.25) is 5.95 Å². The quantitative estimate of drug-likeness (QED) is 0.646. The maximum absolute atomic E-state index is 14.4. The fourth-order valence-electron chi connectivity index (χ4n) is 4.09. The van der Waals surface area contributed by atoms with Crippen LogP contribution in [0.1, 0.15) is 25.0 Å². The molecule has 1 unspecified atom stereocenters. The minimum atomic E-state index is -0.467. The molecule has 4 rings (SSSR count). The van der Waals surface area contributed by atoms with Gasteiger partial charge in [0.1, 0.15) is 5.69 Å². The molecule has 2 aliphatic rings. The number of carbonyl (C=O) groups is 1. The molecule has 4 heterocycles. The number of urea groups is 1. The van der Waals surface area contributed by atoms with E-state index in [2.05, 4.69) is 30.9 Å². The van der Waals surface area contributed by atoms with Gasteiger partial charge in [-0.2, -0.15) is 0 Å². The Labute approximate surface area is 185 Å². The van der Waals surface area contributed by atoms with E-state index in [0.29, 0.717) is 30.0 Å². The van der Waals surface area contributed by atoms with E-state index in [-0.39, 0.29) is 17.8 Å². The molecule has 31 heavy (non-hydrogen) atoms. The van der Waals surface area contributed by atoms with Crippen LogP contribution in [0.5, 0.6) is 0 Å². The SMILES string of the molecule is CNc1nc(C)c(-c2nc(NC3CCN(C(=O)N4CCC(NC)C4)CC3)ncc2F)s1. The third-order valence-corrected chi connectivity index (χ3v) is 7.12. The molecular formula is C20H29FN8OS. The Hall–Kier alpha value is -2.53. The number of aryl methyl sites for hydroxylation is 1. The summed E-state index contributed by atoms with van der Waals surface area (Å²) in [5, 5.41) is 10.3. The molecule has 2 aliphatic heterocycles. The van der Waals surface area contributed by atoms with Gasteiger partial charge in [-0.05, 0) is 33.2 Å². The van der Waals surface area contributed by atoms with E-state index < -0.39 is 5.82 Å². The molecule has 0 radical (unpaired) electrons. The van der Waals surface area contributed by atoms with E-state index in [1.165, 1.54) is 17.5 Å². The van der Waals surface area contributed by atoms with E-state index in [4.69, 9.17) is 0 Å². The van der Waals surface area contributed by atoms with Crippen molar-refractivity contribution in [1.82, 2.24) is 30.1 Å². The molecule has 2 saturated heterocycles. The second kappa shape index (κ2) is 9.31. The summed E-state index contributed by atoms with van der Waals surface area (Å²) >= 11 is 1.37. The van der Waals surface area contributed by atoms with Crippen LogP contribution in [0.25, 0.3) is 10.6 Å². The molecule has 0 saturated carbocycles. The van der Waals surface area contributed by atoms with Gasteiger partial charge in [0.25, 0.3) is 0 Å². The molecular weight excluding hydrogens is 419 g/mol. The van der Waals surface area contributed by atoms with E-state index >= 15 is 0 Å². The Balaban J connectivity index is 1.36. The number of piperidine rings is 1. The average molecular weight is 449 g/mol. The first kappa shape index (κ1) is 21.7. The van der Waals surface area contributed by atoms with Gasteiger partial charge in [-0.1, -0.05) is 11.3 Å². The predicted octanol–water partition coefficient (Wildman–Crippen LogP) is 2.38. The van der Waals surface area contributed by atoms with Gasteiger partial charge in [-0.3, -0.25) is 0 Å². The number of nitrogens with zero attached hydrogens (tertiary/aromatic N) is 5. The summed E-state index contributed by atoms with van der Waals surface area (Å²) in [5.41, 5.74) is 0.988. The Morgan fingerprint density at radius 1 is 1.13 bits per heavy atom. The first-order chi connectivity index (χ1) is 15.0. The second-order valence-electron chi connectivity index (χ2n) is 7.98. The number of carbonyl (C=O) groups excluding carboxylic acids is 1. The number of amides is 2. The minimum absolute atomic E-state index is 0.123. The standard InChI is InChI=1S/C20H29FN8OS/c1-12-17(31-19(23-3)25-12)16-15(21)10-24-18(27-16)26-13-4-7-28(8-5-13)20(30)29-9-6-14(11-29)22-2/h10,13-14,22H,4-9,11H2,1-3H3,(H,23,25)(H,24,26,27). The highest BCUT2D eigenvalue weighted by Crippen LogP contribution is 2.33. The number of halogens is 1. The minimum Gasteiger partial charge on any atom is -0.365 e. The van der Waals surface area contributed by atoms with E-state index in [1.807, 2.05) is 23.8 Å². The fraction of sp³-hybridized carbons (Fsp3) is 0.600. The summed E-state index contributed by atoms with van der Waals surface area (Å²) in [4.78, 5) is 30.2. The number of hydrogen-bond donors (Lipinski definition) is 3. The Bertz CT molecular complexity index is 930. The van der Waals surface area contributed by atoms with Crippen LogP contribution in [0.15, 0.2) is 6.20 Å². The van der Waals surface area contributed by atoms with Crippen molar-refractivity contribution in [2.75, 3.05) is 50.9 Å². The monoisotopic (exact) mass is 448 g/mol. The summed E-state index contributed by atoms with van der Waals surface area (Å²) in [6, 6.07) is 0.651. The summed E-state index contributed by atoms with van der Waals surface area (Å²) in [7, 11) is 3.72. The third-order valence-electron chi connectivity index (χ3n) is 5.94. The molecule has 168 valence electrons. The van der Waals surface area contributed by atoms with E-state index in [9.17, 15) is 9.18 Å². The van der Waals surface area contributed by atoms with Crippen LogP contribution in [-0.2, 0) is 0 Å². The third kappa shape index (κ3) is 4.72. The molecule has 0 aromatic carbocycles. The van der Waals surface area contributed by atoms with Crippen LogP contribution < -0.4 is 16.0 Å². The molecule has 0 bridgehead atoms. The lowest BCUT2D eigenvalue weighted by Crippen LogP contribution is -2.48. The maximum Gasteiger partial charge on any atom is 0.320 e. The van der Waals surface area contributed by atoms with Crippen molar-refractivity contribution in [3.05, 3.63) is 17.7 Å². The number of likely N-dealkylation sites (tertiary alicyclic amines) is 2. The number of thiazole rings is 1. The van der Waals surface area contributed by atoms with Crippen molar-refractivity contribution in [2.45, 2.75) is 38.3 Å². The normalized spacial score (nSPS) is 19.7. The zero-order valence-electron chi connectivity index (χ0n) is 18.1. The van der Waals surface area contributed by atoms with Crippen molar-refractivity contribution in [2.24, 2.45) is 0 Å². The maximum atomic E-state index is 14.4. The van der Waals surface area contributed by atoms with E-state index in [1.54, 1.807) is 7.05 Å². The van der Waals surface area contributed by atoms with Crippen LogP contribution >= 0.6 is 11.3 Å². The Morgan fingerprint density at radius 2 is 1.84 bits per heavy atom. The number of hydrogen-bond acceptors (Lipinski definition) is 8. The average Bonchev–Trinajstić information content (AvgIpc) is 3.41. The molecule has 3 N–H and O–H groups in total. The zero-order valence-corrected chi connectivity index (χ0v) is 18.9. The van der Waals surface area contributed by atoms with Crippen molar-refractivity contribution < 1.29 is 9.18 Å². The number of rotatable bonds is 5. The lowest BCUT2D eigenvalue weighted by atomic mass is 10.1. The Kier molecular flexibility index (Phi) is 6.51. The summed E-state index contributed by atoms with van der Waals surface area (Å²) in [5.74, 6) is -0.0674. The predicted molar refractivity (Wildman–Crippen MR) is 120 cm³/mol. The van der Waals surface area contributed by atoms with Gasteiger partial charge in [0.05, 0.1) is 16.8 Å². The number of anilines is 2. The highest BCUT2D eigenvalue weighted by atomic mass is 32.1. The van der Waals surface area contributed by atoms with Crippen molar-refractivity contribution in [3.63, 3.8) is 0 Å². The number of likely N-dealkylation sites (N-methyl/N-ethyl adjacent to an activating group) is 1. The lowest BCUT2D eigenvalue weighted by Gasteiger charge is -2.34. The van der Waals surface area contributed by atoms with Crippen molar-refractivity contribution in [3.8, 4) is 10.6 Å². The summed E-state index contributed by atoms with van der Waals surface area (Å²) in [6.07, 6.45) is 3.80. The van der Waals surface area contributed by atoms with Gasteiger partial charge in [-0.15, -0.1) is 0 Å². The first-order valence-corrected chi connectivity index (χ1v) is 11.5. The Morgan fingerprint density at radius 3 is 2.48 bits per heavy atom. The molecule has 11 heteroatoms. The number of nitrogens with one attached hydrogen (secondary N) is 3. The molecule has 9 nitrogen and oxygen atoms in total. The van der Waals surface area contributed by atoms with Crippen LogP contribution in [0.4, 0.5) is 20.3 Å². The molecule has 2 aromatic heterocycles. The molecule has 2 aromatic rings. The summed E-state index contributed by atoms with van der Waals surface area (Å²) in [6.45, 7) is 4.79. The van der Waals surface area contributed by atoms with E-state index in [0.717, 1.165) is 43.2 Å². The van der Waals surface area contributed by atoms with Crippen molar-refractivity contribution in [1.29, 1.82) is 0 Å². The highest BCUT2D eigenvalue weighted by Gasteiger charge is 2.31. The van der Waals surface area contributed by atoms with Crippen LogP contribution in [-0.4, -0.2) is 83.1 Å². The smallest absolute Gasteiger partial charge is 0.320 e. The molecule has 0 aliphatic carbocycles. The van der Waals surface area contributed by atoms with Gasteiger partial charge in [0.15, 0.2) is 10.9 Å². The van der Waals surface area contributed by atoms with Crippen molar-refractivity contribution >= 4 is 28.4 Å². The summed E-state index contributed by atoms with van der Waals surface area (Å²) < 4.78 is 14.4. The largest absolute Gasteiger partial charge is 0.365 e. The number of aromatic nitrogens is 3. The van der Waals surface area contributed by atoms with Gasteiger partial charge >= 0.3 is 6.03 Å². The fourth-order valence-corrected chi connectivity index (χ4v) is 5.00. The van der Waals surface area contributed by atoms with Crippen LogP contribution in [0.2, 0.25) is 0 Å².